The number of hydrogen-bond acceptors (Lipinski definition) is 6. The lowest BCUT2D eigenvalue weighted by Gasteiger charge is -2.19. The third-order valence-electron chi connectivity index (χ3n) is 5.05. The van der Waals surface area contributed by atoms with E-state index in [1.54, 1.807) is 0 Å². The molecular weight excluding hydrogens is 502 g/mol. The molecule has 1 aliphatic rings. The van der Waals surface area contributed by atoms with Crippen molar-refractivity contribution in [3.05, 3.63) is 38.7 Å². The first-order valence-electron chi connectivity index (χ1n) is 10.0. The quantitative estimate of drug-likeness (QED) is 0.290. The second-order valence-corrected chi connectivity index (χ2v) is 9.96. The first-order valence-corrected chi connectivity index (χ1v) is 11.1. The maximum absolute atomic E-state index is 13.9. The molecule has 0 saturated carbocycles. The second-order valence-electron chi connectivity index (χ2n) is 8.79. The molecule has 0 fully saturated rings. The summed E-state index contributed by atoms with van der Waals surface area (Å²) in [6.45, 7) is 9.46. The van der Waals surface area contributed by atoms with Gasteiger partial charge in [0.05, 0.1) is 6.61 Å². The van der Waals surface area contributed by atoms with Crippen LogP contribution >= 0.6 is 22.6 Å². The predicted molar refractivity (Wildman–Crippen MR) is 123 cm³/mol. The highest BCUT2D eigenvalue weighted by Gasteiger charge is 2.20. The fraction of sp³-hybridized carbons (Fsp3) is 0.476. The number of halogens is 2. The van der Waals surface area contributed by atoms with E-state index in [4.69, 9.17) is 10.5 Å². The third kappa shape index (κ3) is 4.51. The molecule has 9 heteroatoms. The van der Waals surface area contributed by atoms with Crippen molar-refractivity contribution in [2.45, 2.75) is 40.2 Å². The Morgan fingerprint density at radius 1 is 1.27 bits per heavy atom. The summed E-state index contributed by atoms with van der Waals surface area (Å²) in [7, 11) is 0. The number of nitrogens with one attached hydrogen (secondary N) is 1. The Morgan fingerprint density at radius 2 is 2.07 bits per heavy atom. The number of ether oxygens (including phenoxy) is 1. The first kappa shape index (κ1) is 21.2. The maximum Gasteiger partial charge on any atom is 0.312 e. The van der Waals surface area contributed by atoms with Crippen LogP contribution in [0.15, 0.2) is 12.1 Å². The van der Waals surface area contributed by atoms with Gasteiger partial charge in [-0.05, 0) is 51.3 Å². The molecule has 2 aromatic heterocycles. The number of nitrogens with two attached hydrogens (primary N) is 1. The molecule has 0 bridgehead atoms. The Bertz CT molecular complexity index is 1090. The molecule has 0 radical (unpaired) electrons. The lowest BCUT2D eigenvalue weighted by atomic mass is 9.97. The summed E-state index contributed by atoms with van der Waals surface area (Å²) in [5.41, 5.74) is 9.34. The summed E-state index contributed by atoms with van der Waals surface area (Å²) >= 11 is 2.35. The molecule has 0 atom stereocenters. The molecule has 1 aromatic carbocycles. The van der Waals surface area contributed by atoms with Crippen molar-refractivity contribution in [3.8, 4) is 5.75 Å². The Kier molecular flexibility index (Phi) is 5.84. The number of anilines is 1. The van der Waals surface area contributed by atoms with E-state index in [2.05, 4.69) is 75.8 Å². The van der Waals surface area contributed by atoms with Crippen LogP contribution in [-0.2, 0) is 19.4 Å². The normalized spacial score (nSPS) is 13.6. The summed E-state index contributed by atoms with van der Waals surface area (Å²) in [6.07, 6.45) is 0.677. The molecule has 7 nitrogen and oxygen atoms in total. The van der Waals surface area contributed by atoms with E-state index in [1.807, 2.05) is 4.57 Å². The molecule has 0 saturated heterocycles. The monoisotopic (exact) mass is 528 g/mol. The summed E-state index contributed by atoms with van der Waals surface area (Å²) in [5, 5.41) is 3.46. The van der Waals surface area contributed by atoms with Crippen LogP contribution in [-0.4, -0.2) is 39.2 Å². The van der Waals surface area contributed by atoms with Crippen LogP contribution < -0.4 is 15.8 Å². The van der Waals surface area contributed by atoms with Crippen molar-refractivity contribution in [1.29, 1.82) is 0 Å². The van der Waals surface area contributed by atoms with E-state index < -0.39 is 6.08 Å². The van der Waals surface area contributed by atoms with Crippen molar-refractivity contribution in [3.63, 3.8) is 0 Å². The van der Waals surface area contributed by atoms with Crippen molar-refractivity contribution in [2.24, 2.45) is 5.41 Å². The smallest absolute Gasteiger partial charge is 0.312 e. The summed E-state index contributed by atoms with van der Waals surface area (Å²) in [4.78, 5) is 12.3. The van der Waals surface area contributed by atoms with Crippen LogP contribution in [0.1, 0.15) is 37.7 Å². The number of nitrogens with zero attached hydrogens (tertiary/aromatic N) is 4. The minimum atomic E-state index is -0.837. The SMILES string of the molecule is CC(C)(C)CNCCn1c(Cc2cc3c(cc2[131I])CCO3)nc2c(N)nc(F)nc21. The summed E-state index contributed by atoms with van der Waals surface area (Å²) in [5.74, 6) is 1.78. The van der Waals surface area contributed by atoms with E-state index in [0.717, 1.165) is 40.3 Å². The molecule has 160 valence electrons. The van der Waals surface area contributed by atoms with E-state index in [-0.39, 0.29) is 11.2 Å². The van der Waals surface area contributed by atoms with Crippen LogP contribution in [0.3, 0.4) is 0 Å². The van der Waals surface area contributed by atoms with Gasteiger partial charge in [-0.15, -0.1) is 0 Å². The van der Waals surface area contributed by atoms with Crippen LogP contribution in [0.2, 0.25) is 0 Å². The van der Waals surface area contributed by atoms with Gasteiger partial charge in [0.25, 0.3) is 0 Å². The molecule has 0 spiro atoms. The standard InChI is InChI=1S/C21H26FIN6O/c1-21(2,3)11-25-5-6-29-16(26-17-18(24)27-20(22)28-19(17)29)10-13-9-15-12(4-7-30-15)8-14(13)23/h8-9,25H,4-7,10-11H2,1-3H3,(H2,24,27,28)/i23+4. The average Bonchev–Trinajstić information content (AvgIpc) is 3.23. The van der Waals surface area contributed by atoms with E-state index in [0.29, 0.717) is 30.7 Å². The molecule has 3 heterocycles. The van der Waals surface area contributed by atoms with Gasteiger partial charge in [-0.1, -0.05) is 20.8 Å². The number of imidazole rings is 1. The topological polar surface area (TPSA) is 90.9 Å². The minimum absolute atomic E-state index is 0.0622. The van der Waals surface area contributed by atoms with Gasteiger partial charge in [-0.2, -0.15) is 14.4 Å². The van der Waals surface area contributed by atoms with Gasteiger partial charge in [-0.25, -0.2) is 4.98 Å². The number of hydrogen-bond donors (Lipinski definition) is 2. The highest BCUT2D eigenvalue weighted by Crippen LogP contribution is 2.31. The maximum atomic E-state index is 13.9. The largest absolute Gasteiger partial charge is 0.493 e. The van der Waals surface area contributed by atoms with Gasteiger partial charge in [0, 0.05) is 36.0 Å². The fourth-order valence-corrected chi connectivity index (χ4v) is 4.33. The zero-order valence-electron chi connectivity index (χ0n) is 17.4. The van der Waals surface area contributed by atoms with Gasteiger partial charge in [-0.3, -0.25) is 0 Å². The number of benzene rings is 1. The zero-order chi connectivity index (χ0) is 21.5. The van der Waals surface area contributed by atoms with Crippen LogP contribution in [0, 0.1) is 15.1 Å². The number of nitrogen functional groups attached to an aromatic ring is 1. The lowest BCUT2D eigenvalue weighted by molar-refractivity contribution is 0.356. The zero-order valence-corrected chi connectivity index (χ0v) is 19.6. The molecule has 0 amide bonds. The van der Waals surface area contributed by atoms with Gasteiger partial charge in [0.15, 0.2) is 17.0 Å². The number of aromatic nitrogens is 4. The lowest BCUT2D eigenvalue weighted by Crippen LogP contribution is -2.30. The molecule has 4 rings (SSSR count). The van der Waals surface area contributed by atoms with E-state index in [9.17, 15) is 4.39 Å². The average molecular weight is 528 g/mol. The third-order valence-corrected chi connectivity index (χ3v) is 6.05. The molecule has 3 aromatic rings. The fourth-order valence-electron chi connectivity index (χ4n) is 3.61. The van der Waals surface area contributed by atoms with E-state index in [1.165, 1.54) is 5.56 Å². The predicted octanol–water partition coefficient (Wildman–Crippen LogP) is 3.31. The highest BCUT2D eigenvalue weighted by molar-refractivity contribution is 14.1. The second kappa shape index (κ2) is 8.26. The van der Waals surface area contributed by atoms with Crippen molar-refractivity contribution >= 4 is 39.6 Å². The number of rotatable bonds is 6. The summed E-state index contributed by atoms with van der Waals surface area (Å²) < 4.78 is 22.7. The van der Waals surface area contributed by atoms with Crippen LogP contribution in [0.4, 0.5) is 10.2 Å². The molecule has 0 aliphatic carbocycles. The molecule has 0 unspecified atom stereocenters. The highest BCUT2D eigenvalue weighted by atomic mass is 131. The van der Waals surface area contributed by atoms with Gasteiger partial charge >= 0.3 is 6.08 Å². The number of fused-ring (bicyclic) bond motifs is 2. The molecule has 30 heavy (non-hydrogen) atoms. The first-order chi connectivity index (χ1) is 14.2. The Hall–Kier alpha value is -2.01. The van der Waals surface area contributed by atoms with Gasteiger partial charge < -0.3 is 20.4 Å². The van der Waals surface area contributed by atoms with Crippen LogP contribution in [0.25, 0.3) is 11.2 Å². The van der Waals surface area contributed by atoms with Crippen molar-refractivity contribution in [2.75, 3.05) is 25.4 Å². The Balaban J connectivity index is 1.67. The van der Waals surface area contributed by atoms with E-state index >= 15 is 0 Å². The molecule has 1 aliphatic heterocycles. The van der Waals surface area contributed by atoms with Gasteiger partial charge in [0.2, 0.25) is 0 Å². The van der Waals surface area contributed by atoms with Crippen molar-refractivity contribution in [1.82, 2.24) is 24.8 Å². The Labute approximate surface area is 188 Å². The molecule has 3 N–H and O–H groups in total. The van der Waals surface area contributed by atoms with Crippen LogP contribution in [0.5, 0.6) is 5.75 Å². The summed E-state index contributed by atoms with van der Waals surface area (Å²) in [6, 6.07) is 4.26. The Morgan fingerprint density at radius 3 is 2.83 bits per heavy atom. The minimum Gasteiger partial charge on any atom is -0.493 e. The molecular formula is C21H26FIN6O. The van der Waals surface area contributed by atoms with Crippen molar-refractivity contribution < 1.29 is 9.13 Å². The van der Waals surface area contributed by atoms with Gasteiger partial charge in [0.1, 0.15) is 11.6 Å².